The molecule has 2 amide bonds. The molecular formula is C49H46N6O9S. The van der Waals surface area contributed by atoms with Crippen LogP contribution >= 0.6 is 11.8 Å². The minimum Gasteiger partial charge on any atom is -0.452 e. The molecule has 2 heterocycles. The van der Waals surface area contributed by atoms with Crippen LogP contribution < -0.4 is 5.32 Å². The molecule has 16 heteroatoms. The van der Waals surface area contributed by atoms with Gasteiger partial charge in [-0.25, -0.2) is 9.48 Å². The normalized spacial score (nSPS) is 16.1. The third-order valence-electron chi connectivity index (χ3n) is 10.5. The number of likely N-dealkylation sites (tertiary alicyclic amines) is 1. The van der Waals surface area contributed by atoms with E-state index in [1.807, 2.05) is 121 Å². The van der Waals surface area contributed by atoms with Gasteiger partial charge in [0, 0.05) is 14.2 Å². The number of esters is 2. The minimum atomic E-state index is -2.36. The van der Waals surface area contributed by atoms with Crippen LogP contribution in [0.25, 0.3) is 0 Å². The first-order chi connectivity index (χ1) is 31.5. The van der Waals surface area contributed by atoms with E-state index < -0.39 is 66.2 Å². The summed E-state index contributed by atoms with van der Waals surface area (Å²) >= 11 is 1.06. The van der Waals surface area contributed by atoms with Crippen molar-refractivity contribution in [1.82, 2.24) is 30.4 Å². The lowest BCUT2D eigenvalue weighted by Crippen LogP contribution is -2.82. The Labute approximate surface area is 379 Å². The largest absolute Gasteiger partial charge is 0.452 e. The summed E-state index contributed by atoms with van der Waals surface area (Å²) in [5.74, 6) is -5.93. The van der Waals surface area contributed by atoms with E-state index in [1.165, 1.54) is 11.8 Å². The molecule has 0 spiro atoms. The summed E-state index contributed by atoms with van der Waals surface area (Å²) < 4.78 is 25.9. The summed E-state index contributed by atoms with van der Waals surface area (Å²) in [6.07, 6.45) is -3.42. The summed E-state index contributed by atoms with van der Waals surface area (Å²) in [5, 5.41) is 14.3. The quantitative estimate of drug-likeness (QED) is 0.0241. The number of carbonyl (C=O) groups is 5. The number of ether oxygens (including phenoxy) is 4. The Hall–Kier alpha value is -7.27. The fraction of sp³-hybridized carbons (Fsp3) is 0.224. The maximum absolute atomic E-state index is 14.8. The molecule has 0 radical (unpaired) electrons. The number of aromatic nitrogens is 4. The lowest BCUT2D eigenvalue weighted by molar-refractivity contribution is -0.254. The number of ketones is 1. The van der Waals surface area contributed by atoms with Crippen LogP contribution in [0.3, 0.4) is 0 Å². The monoisotopic (exact) mass is 894 g/mol. The number of amides is 2. The lowest BCUT2D eigenvalue weighted by Gasteiger charge is -2.53. The lowest BCUT2D eigenvalue weighted by atomic mass is 9.92. The first kappa shape index (κ1) is 45.7. The third-order valence-corrected chi connectivity index (χ3v) is 11.6. The zero-order valence-corrected chi connectivity index (χ0v) is 36.8. The molecule has 1 aliphatic heterocycles. The second kappa shape index (κ2) is 20.9. The maximum atomic E-state index is 14.8. The molecule has 6 aromatic rings. The molecule has 1 N–H and O–H groups in total. The number of methoxy groups -OCH3 is 1. The Morgan fingerprint density at radius 2 is 1.17 bits per heavy atom. The van der Waals surface area contributed by atoms with Gasteiger partial charge >= 0.3 is 11.9 Å². The second-order valence-electron chi connectivity index (χ2n) is 15.1. The highest BCUT2D eigenvalue weighted by molar-refractivity contribution is 7.99. The maximum Gasteiger partial charge on any atom is 0.356 e. The van der Waals surface area contributed by atoms with Crippen LogP contribution in [-0.4, -0.2) is 86.1 Å². The second-order valence-corrected chi connectivity index (χ2v) is 16.1. The molecule has 0 saturated carbocycles. The van der Waals surface area contributed by atoms with Crippen molar-refractivity contribution < 1.29 is 42.9 Å². The highest BCUT2D eigenvalue weighted by Crippen LogP contribution is 2.40. The number of rotatable bonds is 19. The van der Waals surface area contributed by atoms with E-state index >= 15 is 0 Å². The van der Waals surface area contributed by atoms with Gasteiger partial charge in [0.1, 0.15) is 12.3 Å². The number of β-lactam (4-membered cyclic amide) rings is 1. The van der Waals surface area contributed by atoms with Gasteiger partial charge < -0.3 is 24.3 Å². The first-order valence-corrected chi connectivity index (χ1v) is 21.5. The number of allylic oxidation sites excluding steroid dienone is 1. The molecule has 1 saturated heterocycles. The smallest absolute Gasteiger partial charge is 0.356 e. The summed E-state index contributed by atoms with van der Waals surface area (Å²) in [6, 6.07) is 44.6. The Bertz CT molecular complexity index is 2550. The van der Waals surface area contributed by atoms with Gasteiger partial charge in [0.05, 0.1) is 5.75 Å². The van der Waals surface area contributed by atoms with Gasteiger partial charge in [-0.2, -0.15) is 0 Å². The average Bonchev–Trinajstić information content (AvgIpc) is 3.76. The number of carbonyl (C=O) groups excluding carboxylic acids is 5. The first-order valence-electron chi connectivity index (χ1n) is 20.5. The van der Waals surface area contributed by atoms with E-state index in [4.69, 9.17) is 18.9 Å². The van der Waals surface area contributed by atoms with Crippen molar-refractivity contribution in [3.63, 3.8) is 0 Å². The van der Waals surface area contributed by atoms with Gasteiger partial charge in [0.2, 0.25) is 11.1 Å². The molecule has 0 aliphatic carbocycles. The topological polar surface area (TPSA) is 181 Å². The van der Waals surface area contributed by atoms with Crippen LogP contribution in [-0.2, 0) is 50.0 Å². The zero-order chi connectivity index (χ0) is 45.9. The van der Waals surface area contributed by atoms with Crippen LogP contribution in [0.5, 0.6) is 0 Å². The molecule has 3 unspecified atom stereocenters. The Morgan fingerprint density at radius 1 is 0.708 bits per heavy atom. The molecule has 0 bridgehead atoms. The van der Waals surface area contributed by atoms with Crippen molar-refractivity contribution in [2.45, 2.75) is 49.1 Å². The molecule has 65 heavy (non-hydrogen) atoms. The van der Waals surface area contributed by atoms with Crippen molar-refractivity contribution in [3.8, 4) is 0 Å². The highest BCUT2D eigenvalue weighted by atomic mass is 32.2. The van der Waals surface area contributed by atoms with Crippen molar-refractivity contribution >= 4 is 41.3 Å². The molecule has 1 aromatic heterocycles. The van der Waals surface area contributed by atoms with Crippen molar-refractivity contribution in [3.05, 3.63) is 191 Å². The standard InChI is InChI=1S/C49H46N6O9S/c1-32(2)40(45(59)64-42(36-26-16-8-17-27-36)37-28-18-9-19-29-37)55-46(60)49(61-4,47(55)62-30-38(56)31-65-48-51-52-53-54(48)3)50-43(57)39(33-20-10-5-11-21-33)44(58)63-41(34-22-12-6-13-23-34)35-24-14-7-15-25-35/h5-29,39,41-42,47H,30-31H2,1-4H3,(H,50,57). The minimum absolute atomic E-state index is 0.124. The molecule has 3 atom stereocenters. The van der Waals surface area contributed by atoms with Gasteiger partial charge in [-0.3, -0.25) is 24.1 Å². The number of nitrogens with zero attached hydrogens (tertiary/aromatic N) is 5. The summed E-state index contributed by atoms with van der Waals surface area (Å²) in [4.78, 5) is 73.0. The van der Waals surface area contributed by atoms with Crippen molar-refractivity contribution in [2.75, 3.05) is 19.5 Å². The predicted octanol–water partition coefficient (Wildman–Crippen LogP) is 6.26. The third kappa shape index (κ3) is 10.3. The molecule has 1 aliphatic rings. The summed E-state index contributed by atoms with van der Waals surface area (Å²) in [6.45, 7) is 2.62. The van der Waals surface area contributed by atoms with Crippen LogP contribution in [0.4, 0.5) is 0 Å². The van der Waals surface area contributed by atoms with Crippen LogP contribution in [0, 0.1) is 0 Å². The Kier molecular flexibility index (Phi) is 14.7. The number of aryl methyl sites for hydroxylation is 1. The number of thioether (sulfide) groups is 1. The van der Waals surface area contributed by atoms with E-state index in [0.717, 1.165) is 16.7 Å². The number of tetrazole rings is 1. The number of benzene rings is 5. The number of nitrogens with one attached hydrogen (secondary N) is 1. The predicted molar refractivity (Wildman–Crippen MR) is 238 cm³/mol. The number of hydrogen-bond donors (Lipinski definition) is 1. The van der Waals surface area contributed by atoms with Crippen LogP contribution in [0.2, 0.25) is 0 Å². The van der Waals surface area contributed by atoms with Gasteiger partial charge in [-0.15, -0.1) is 5.10 Å². The number of hydrogen-bond acceptors (Lipinski definition) is 13. The summed E-state index contributed by atoms with van der Waals surface area (Å²) in [7, 11) is 2.79. The Morgan fingerprint density at radius 3 is 1.60 bits per heavy atom. The SMILES string of the molecule is COC1(NC(=O)C(C(=O)OC(c2ccccc2)c2ccccc2)c2ccccc2)C(=O)N(C(C(=O)OC(c2ccccc2)c2ccccc2)=C(C)C)C1OCC(=O)CSc1nnnn1C. The van der Waals surface area contributed by atoms with E-state index in [0.29, 0.717) is 33.0 Å². The van der Waals surface area contributed by atoms with E-state index in [1.54, 1.807) is 51.2 Å². The van der Waals surface area contributed by atoms with Gasteiger partial charge in [-0.05, 0) is 57.7 Å². The molecular weight excluding hydrogens is 849 g/mol. The fourth-order valence-electron chi connectivity index (χ4n) is 7.33. The van der Waals surface area contributed by atoms with Gasteiger partial charge in [0.15, 0.2) is 30.1 Å². The average molecular weight is 895 g/mol. The molecule has 15 nitrogen and oxygen atoms in total. The Balaban J connectivity index is 1.22. The molecule has 5 aromatic carbocycles. The van der Waals surface area contributed by atoms with Crippen molar-refractivity contribution in [1.29, 1.82) is 0 Å². The molecule has 1 fully saturated rings. The van der Waals surface area contributed by atoms with E-state index in [9.17, 15) is 24.0 Å². The fourth-order valence-corrected chi connectivity index (χ4v) is 8.02. The molecule has 332 valence electrons. The van der Waals surface area contributed by atoms with Gasteiger partial charge in [0.25, 0.3) is 11.6 Å². The van der Waals surface area contributed by atoms with Crippen LogP contribution in [0.15, 0.2) is 168 Å². The molecule has 7 rings (SSSR count). The zero-order valence-electron chi connectivity index (χ0n) is 36.0. The van der Waals surface area contributed by atoms with Gasteiger partial charge in [-0.1, -0.05) is 163 Å². The highest BCUT2D eigenvalue weighted by Gasteiger charge is 2.67. The van der Waals surface area contributed by atoms with Crippen LogP contribution in [0.1, 0.15) is 59.8 Å². The van der Waals surface area contributed by atoms with E-state index in [-0.39, 0.29) is 17.0 Å². The summed E-state index contributed by atoms with van der Waals surface area (Å²) in [5.41, 5.74) is 0.698. The van der Waals surface area contributed by atoms with E-state index in [2.05, 4.69) is 20.8 Å². The number of Topliss-reactive ketones (excluding diaryl/α,β-unsaturated/α-hetero) is 1. The van der Waals surface area contributed by atoms with Crippen molar-refractivity contribution in [2.24, 2.45) is 7.05 Å².